The van der Waals surface area contributed by atoms with E-state index in [1.807, 2.05) is 6.07 Å². The number of aromatic nitrogens is 1. The van der Waals surface area contributed by atoms with Gasteiger partial charge in [0.15, 0.2) is 5.58 Å². The van der Waals surface area contributed by atoms with E-state index < -0.39 is 12.2 Å². The first-order valence-electron chi connectivity index (χ1n) is 6.70. The summed E-state index contributed by atoms with van der Waals surface area (Å²) in [6.07, 6.45) is -2.26. The molecule has 9 nitrogen and oxygen atoms in total. The predicted octanol–water partition coefficient (Wildman–Crippen LogP) is 1.93. The number of hydrogen-bond acceptors (Lipinski definition) is 5. The highest BCUT2D eigenvalue weighted by molar-refractivity contribution is 9.10. The maximum atomic E-state index is 10.5. The highest BCUT2D eigenvalue weighted by Gasteiger charge is 2.15. The fourth-order valence-corrected chi connectivity index (χ4v) is 2.26. The van der Waals surface area contributed by atoms with Crippen LogP contribution in [-0.4, -0.2) is 53.6 Å². The Hall–Kier alpha value is -2.49. The maximum absolute atomic E-state index is 10.5. The van der Waals surface area contributed by atoms with Crippen molar-refractivity contribution in [3.05, 3.63) is 22.7 Å². The Morgan fingerprint density at radius 3 is 2.35 bits per heavy atom. The number of carbonyl (C=O) groups is 2. The average molecular weight is 387 g/mol. The van der Waals surface area contributed by atoms with Crippen LogP contribution in [0.1, 0.15) is 0 Å². The zero-order valence-corrected chi connectivity index (χ0v) is 13.5. The van der Waals surface area contributed by atoms with Crippen molar-refractivity contribution in [3.8, 4) is 0 Å². The molecule has 23 heavy (non-hydrogen) atoms. The number of fused-ring (bicyclic) bond motifs is 1. The molecule has 0 fully saturated rings. The molecule has 0 saturated carbocycles. The zero-order chi connectivity index (χ0) is 16.8. The highest BCUT2D eigenvalue weighted by Crippen LogP contribution is 2.24. The molecule has 0 spiro atoms. The van der Waals surface area contributed by atoms with E-state index >= 15 is 0 Å². The van der Waals surface area contributed by atoms with E-state index in [1.165, 1.54) is 0 Å². The maximum Gasteiger partial charge on any atom is 0.404 e. The molecule has 0 radical (unpaired) electrons. The zero-order valence-electron chi connectivity index (χ0n) is 12.0. The summed E-state index contributed by atoms with van der Waals surface area (Å²) in [5.74, 6) is 0. The molecule has 0 bridgehead atoms. The van der Waals surface area contributed by atoms with Crippen LogP contribution in [0.15, 0.2) is 27.1 Å². The number of halogens is 1. The molecule has 0 aliphatic heterocycles. The lowest BCUT2D eigenvalue weighted by atomic mass is 10.3. The Morgan fingerprint density at radius 2 is 1.78 bits per heavy atom. The van der Waals surface area contributed by atoms with E-state index in [-0.39, 0.29) is 13.1 Å². The summed E-state index contributed by atoms with van der Waals surface area (Å²) in [5.41, 5.74) is 1.24. The number of anilines is 1. The number of rotatable bonds is 7. The van der Waals surface area contributed by atoms with Gasteiger partial charge in [-0.25, -0.2) is 9.59 Å². The van der Waals surface area contributed by atoms with Crippen LogP contribution in [0.2, 0.25) is 0 Å². The smallest absolute Gasteiger partial charge is 0.404 e. The molecule has 124 valence electrons. The molecule has 1 aromatic heterocycles. The van der Waals surface area contributed by atoms with Gasteiger partial charge in [-0.2, -0.15) is 4.98 Å². The lowest BCUT2D eigenvalue weighted by Crippen LogP contribution is -2.39. The van der Waals surface area contributed by atoms with Crippen molar-refractivity contribution in [2.75, 3.05) is 31.1 Å². The number of nitrogens with one attached hydrogen (secondary N) is 2. The molecule has 1 heterocycles. The Kier molecular flexibility index (Phi) is 5.63. The van der Waals surface area contributed by atoms with Gasteiger partial charge in [-0.3, -0.25) is 0 Å². The van der Waals surface area contributed by atoms with Crippen molar-refractivity contribution in [3.63, 3.8) is 0 Å². The second-order valence-corrected chi connectivity index (χ2v) is 5.48. The molecule has 4 N–H and O–H groups in total. The molecular weight excluding hydrogens is 372 g/mol. The average Bonchev–Trinajstić information content (AvgIpc) is 2.87. The van der Waals surface area contributed by atoms with Gasteiger partial charge in [0.2, 0.25) is 0 Å². The first-order chi connectivity index (χ1) is 11.0. The molecule has 2 amide bonds. The van der Waals surface area contributed by atoms with Gasteiger partial charge >= 0.3 is 12.2 Å². The first-order valence-corrected chi connectivity index (χ1v) is 7.49. The van der Waals surface area contributed by atoms with Crippen molar-refractivity contribution in [2.24, 2.45) is 0 Å². The lowest BCUT2D eigenvalue weighted by molar-refractivity contribution is 0.194. The third-order valence-corrected chi connectivity index (χ3v) is 3.42. The van der Waals surface area contributed by atoms with Gasteiger partial charge < -0.3 is 30.2 Å². The standard InChI is InChI=1S/C13H15BrN4O5/c14-8-1-2-9-10(7-8)23-11(17-9)18(5-3-15-12(19)20)6-4-16-13(21)22/h1-2,7,15-16H,3-6H2,(H,19,20)(H,21,22). The molecule has 10 heteroatoms. The molecule has 0 saturated heterocycles. The van der Waals surface area contributed by atoms with Gasteiger partial charge in [0.25, 0.3) is 6.01 Å². The van der Waals surface area contributed by atoms with E-state index in [9.17, 15) is 9.59 Å². The first kappa shape index (κ1) is 16.9. The molecule has 2 rings (SSSR count). The van der Waals surface area contributed by atoms with Gasteiger partial charge in [-0.15, -0.1) is 0 Å². The number of hydrogen-bond donors (Lipinski definition) is 4. The van der Waals surface area contributed by atoms with E-state index in [0.29, 0.717) is 30.2 Å². The largest absolute Gasteiger partial charge is 0.465 e. The van der Waals surface area contributed by atoms with Crippen molar-refractivity contribution in [1.82, 2.24) is 15.6 Å². The summed E-state index contributed by atoms with van der Waals surface area (Å²) < 4.78 is 6.51. The Labute approximate surface area is 139 Å². The van der Waals surface area contributed by atoms with Gasteiger partial charge in [0, 0.05) is 30.7 Å². The van der Waals surface area contributed by atoms with E-state index in [1.54, 1.807) is 17.0 Å². The van der Waals surface area contributed by atoms with Crippen molar-refractivity contribution < 1.29 is 24.2 Å². The quantitative estimate of drug-likeness (QED) is 0.572. The Morgan fingerprint density at radius 1 is 1.17 bits per heavy atom. The number of nitrogens with zero attached hydrogens (tertiary/aromatic N) is 2. The number of amides is 2. The normalized spacial score (nSPS) is 10.5. The summed E-state index contributed by atoms with van der Waals surface area (Å²) in [6, 6.07) is 5.69. The molecule has 0 atom stereocenters. The summed E-state index contributed by atoms with van der Waals surface area (Å²) in [4.78, 5) is 27.1. The van der Waals surface area contributed by atoms with Crippen LogP contribution < -0.4 is 15.5 Å². The molecule has 0 aliphatic rings. The second kappa shape index (κ2) is 7.68. The number of benzene rings is 1. The molecule has 2 aromatic rings. The van der Waals surface area contributed by atoms with Crippen molar-refractivity contribution >= 4 is 45.2 Å². The van der Waals surface area contributed by atoms with E-state index in [4.69, 9.17) is 14.6 Å². The van der Waals surface area contributed by atoms with Crippen molar-refractivity contribution in [1.29, 1.82) is 0 Å². The van der Waals surface area contributed by atoms with Crippen LogP contribution >= 0.6 is 15.9 Å². The second-order valence-electron chi connectivity index (χ2n) is 4.56. The van der Waals surface area contributed by atoms with Crippen LogP contribution in [0.25, 0.3) is 11.1 Å². The fraction of sp³-hybridized carbons (Fsp3) is 0.308. The monoisotopic (exact) mass is 386 g/mol. The van der Waals surface area contributed by atoms with E-state index in [2.05, 4.69) is 31.5 Å². The predicted molar refractivity (Wildman–Crippen MR) is 86.0 cm³/mol. The van der Waals surface area contributed by atoms with Gasteiger partial charge in [-0.05, 0) is 18.2 Å². The Balaban J connectivity index is 2.11. The SMILES string of the molecule is O=C(O)NCCN(CCNC(=O)O)c1nc2ccc(Br)cc2o1. The van der Waals surface area contributed by atoms with Crippen LogP contribution in [0.4, 0.5) is 15.6 Å². The lowest BCUT2D eigenvalue weighted by Gasteiger charge is -2.20. The van der Waals surface area contributed by atoms with Crippen LogP contribution in [-0.2, 0) is 0 Å². The topological polar surface area (TPSA) is 128 Å². The minimum absolute atomic E-state index is 0.158. The molecule has 0 aliphatic carbocycles. The van der Waals surface area contributed by atoms with E-state index in [0.717, 1.165) is 4.47 Å². The van der Waals surface area contributed by atoms with Gasteiger partial charge in [0.05, 0.1) is 0 Å². The minimum atomic E-state index is -1.13. The van der Waals surface area contributed by atoms with Crippen molar-refractivity contribution in [2.45, 2.75) is 0 Å². The molecular formula is C13H15BrN4O5. The van der Waals surface area contributed by atoms with Crippen LogP contribution in [0, 0.1) is 0 Å². The van der Waals surface area contributed by atoms with Crippen LogP contribution in [0.5, 0.6) is 0 Å². The van der Waals surface area contributed by atoms with Gasteiger partial charge in [0.1, 0.15) is 5.52 Å². The molecule has 0 unspecified atom stereocenters. The summed E-state index contributed by atoms with van der Waals surface area (Å²) in [7, 11) is 0. The summed E-state index contributed by atoms with van der Waals surface area (Å²) in [6.45, 7) is 0.902. The third kappa shape index (κ3) is 5.02. The summed E-state index contributed by atoms with van der Waals surface area (Å²) >= 11 is 3.34. The van der Waals surface area contributed by atoms with Gasteiger partial charge in [-0.1, -0.05) is 15.9 Å². The number of carboxylic acid groups (broad SMARTS) is 2. The highest BCUT2D eigenvalue weighted by atomic mass is 79.9. The number of oxazole rings is 1. The Bertz CT molecular complexity index is 685. The molecule has 1 aromatic carbocycles. The third-order valence-electron chi connectivity index (χ3n) is 2.93. The fourth-order valence-electron chi connectivity index (χ4n) is 1.92. The minimum Gasteiger partial charge on any atom is -0.465 e. The summed E-state index contributed by atoms with van der Waals surface area (Å²) in [5, 5.41) is 21.8. The van der Waals surface area contributed by atoms with Crippen LogP contribution in [0.3, 0.4) is 0 Å².